The van der Waals surface area contributed by atoms with Gasteiger partial charge in [0.1, 0.15) is 11.5 Å². The molecule has 1 saturated heterocycles. The molecule has 0 radical (unpaired) electrons. The van der Waals surface area contributed by atoms with Crippen molar-refractivity contribution in [3.05, 3.63) is 70.4 Å². The molecule has 0 saturated carbocycles. The summed E-state index contributed by atoms with van der Waals surface area (Å²) in [7, 11) is 1.58. The number of rotatable bonds is 6. The Morgan fingerprint density at radius 1 is 1.16 bits per heavy atom. The van der Waals surface area contributed by atoms with Crippen molar-refractivity contribution in [2.75, 3.05) is 13.7 Å². The van der Waals surface area contributed by atoms with Gasteiger partial charge in [0.25, 0.3) is 11.7 Å². The van der Waals surface area contributed by atoms with Crippen LogP contribution in [0.1, 0.15) is 48.2 Å². The molecule has 2 aromatic carbocycles. The number of likely N-dealkylation sites (tertiary alicyclic amines) is 1. The van der Waals surface area contributed by atoms with Crippen LogP contribution in [-0.4, -0.2) is 40.3 Å². The molecule has 1 aromatic heterocycles. The fourth-order valence-corrected chi connectivity index (χ4v) is 4.56. The Morgan fingerprint density at radius 3 is 2.59 bits per heavy atom. The van der Waals surface area contributed by atoms with Crippen LogP contribution in [0.5, 0.6) is 5.75 Å². The third kappa shape index (κ3) is 3.45. The molecule has 2 heterocycles. The van der Waals surface area contributed by atoms with Crippen LogP contribution < -0.4 is 4.74 Å². The molecule has 3 aromatic rings. The highest BCUT2D eigenvalue weighted by atomic mass is 16.5. The number of hydrogen-bond donors (Lipinski definition) is 2. The van der Waals surface area contributed by atoms with E-state index >= 15 is 0 Å². The van der Waals surface area contributed by atoms with Crippen LogP contribution in [0.3, 0.4) is 0 Å². The summed E-state index contributed by atoms with van der Waals surface area (Å²) in [4.78, 5) is 31.3. The maximum atomic E-state index is 13.2. The van der Waals surface area contributed by atoms with E-state index in [-0.39, 0.29) is 11.3 Å². The fraction of sp³-hybridized carbons (Fsp3) is 0.308. The second kappa shape index (κ2) is 8.54. The SMILES string of the molecule is CCCCN1C(=O)C(=O)/C(=C(/O)c2ccc(OC)cc2C)C1c1c(C)[nH]c2ccccc12. The van der Waals surface area contributed by atoms with Crippen molar-refractivity contribution >= 4 is 28.4 Å². The molecule has 6 nitrogen and oxygen atoms in total. The van der Waals surface area contributed by atoms with Gasteiger partial charge in [-0.25, -0.2) is 0 Å². The Labute approximate surface area is 187 Å². The number of hydrogen-bond acceptors (Lipinski definition) is 4. The molecule has 1 unspecified atom stereocenters. The number of methoxy groups -OCH3 is 1. The summed E-state index contributed by atoms with van der Waals surface area (Å²) in [6, 6.07) is 12.4. The van der Waals surface area contributed by atoms with Crippen LogP contribution in [-0.2, 0) is 9.59 Å². The number of fused-ring (bicyclic) bond motifs is 1. The van der Waals surface area contributed by atoms with Crippen molar-refractivity contribution in [2.45, 2.75) is 39.7 Å². The molecule has 1 aliphatic rings. The number of ether oxygens (including phenoxy) is 1. The van der Waals surface area contributed by atoms with Crippen LogP contribution in [0.4, 0.5) is 0 Å². The van der Waals surface area contributed by atoms with Crippen molar-refractivity contribution < 1.29 is 19.4 Å². The second-order valence-electron chi connectivity index (χ2n) is 8.24. The number of amides is 1. The molecular weight excluding hydrogens is 404 g/mol. The van der Waals surface area contributed by atoms with Crippen LogP contribution >= 0.6 is 0 Å². The Morgan fingerprint density at radius 2 is 1.91 bits per heavy atom. The number of benzene rings is 2. The lowest BCUT2D eigenvalue weighted by atomic mass is 9.92. The summed E-state index contributed by atoms with van der Waals surface area (Å²) in [6.07, 6.45) is 1.66. The molecule has 0 spiro atoms. The summed E-state index contributed by atoms with van der Waals surface area (Å²) in [5.41, 5.74) is 4.06. The molecule has 0 bridgehead atoms. The largest absolute Gasteiger partial charge is 0.507 e. The van der Waals surface area contributed by atoms with E-state index in [1.54, 1.807) is 30.2 Å². The number of aliphatic hydroxyl groups excluding tert-OH is 1. The van der Waals surface area contributed by atoms with E-state index in [4.69, 9.17) is 4.74 Å². The predicted octanol–water partition coefficient (Wildman–Crippen LogP) is 5.02. The number of Topliss-reactive ketones (excluding diaryl/α,β-unsaturated/α-hetero) is 1. The number of aliphatic hydroxyl groups is 1. The van der Waals surface area contributed by atoms with Gasteiger partial charge in [0, 0.05) is 34.3 Å². The highest BCUT2D eigenvalue weighted by molar-refractivity contribution is 6.46. The molecule has 1 atom stereocenters. The Balaban J connectivity index is 1.97. The van der Waals surface area contributed by atoms with Gasteiger partial charge in [-0.05, 0) is 50.1 Å². The molecule has 166 valence electrons. The molecule has 6 heteroatoms. The Kier molecular flexibility index (Phi) is 5.78. The normalized spacial score (nSPS) is 18.0. The molecular formula is C26H28N2O4. The van der Waals surface area contributed by atoms with Gasteiger partial charge in [-0.15, -0.1) is 0 Å². The second-order valence-corrected chi connectivity index (χ2v) is 8.24. The van der Waals surface area contributed by atoms with E-state index in [0.29, 0.717) is 17.9 Å². The lowest BCUT2D eigenvalue weighted by Gasteiger charge is -2.25. The van der Waals surface area contributed by atoms with E-state index in [1.165, 1.54) is 0 Å². The Hall–Kier alpha value is -3.54. The third-order valence-corrected chi connectivity index (χ3v) is 6.20. The average Bonchev–Trinajstić information content (AvgIpc) is 3.24. The smallest absolute Gasteiger partial charge is 0.295 e. The number of unbranched alkanes of at least 4 members (excludes halogenated alkanes) is 1. The number of carbonyl (C=O) groups is 2. The van der Waals surface area contributed by atoms with Gasteiger partial charge in [-0.2, -0.15) is 0 Å². The maximum Gasteiger partial charge on any atom is 0.295 e. The first-order chi connectivity index (χ1) is 15.4. The number of aromatic amines is 1. The predicted molar refractivity (Wildman–Crippen MR) is 125 cm³/mol. The first-order valence-electron chi connectivity index (χ1n) is 10.9. The van der Waals surface area contributed by atoms with Crippen molar-refractivity contribution in [1.29, 1.82) is 0 Å². The molecule has 4 rings (SSSR count). The lowest BCUT2D eigenvalue weighted by Crippen LogP contribution is -2.30. The minimum atomic E-state index is -0.654. The monoisotopic (exact) mass is 432 g/mol. The summed E-state index contributed by atoms with van der Waals surface area (Å²) in [5.74, 6) is -0.715. The molecule has 1 fully saturated rings. The zero-order chi connectivity index (χ0) is 23.0. The number of para-hydroxylation sites is 1. The zero-order valence-corrected chi connectivity index (χ0v) is 18.9. The molecule has 0 aliphatic carbocycles. The minimum Gasteiger partial charge on any atom is -0.507 e. The van der Waals surface area contributed by atoms with Crippen molar-refractivity contribution in [3.63, 3.8) is 0 Å². The van der Waals surface area contributed by atoms with Gasteiger partial charge in [-0.3, -0.25) is 9.59 Å². The number of nitrogens with zero attached hydrogens (tertiary/aromatic N) is 1. The number of ketones is 1. The molecule has 1 amide bonds. The summed E-state index contributed by atoms with van der Waals surface area (Å²) in [6.45, 7) is 6.27. The number of aromatic nitrogens is 1. The fourth-order valence-electron chi connectivity index (χ4n) is 4.56. The summed E-state index contributed by atoms with van der Waals surface area (Å²) >= 11 is 0. The van der Waals surface area contributed by atoms with Crippen LogP contribution in [0.2, 0.25) is 0 Å². The van der Waals surface area contributed by atoms with Crippen LogP contribution in [0, 0.1) is 13.8 Å². The summed E-state index contributed by atoms with van der Waals surface area (Å²) in [5, 5.41) is 12.3. The van der Waals surface area contributed by atoms with Crippen LogP contribution in [0.25, 0.3) is 16.7 Å². The van der Waals surface area contributed by atoms with Gasteiger partial charge in [0.2, 0.25) is 0 Å². The number of nitrogens with one attached hydrogen (secondary N) is 1. The van der Waals surface area contributed by atoms with Gasteiger partial charge in [0.15, 0.2) is 0 Å². The van der Waals surface area contributed by atoms with Gasteiger partial charge in [0.05, 0.1) is 18.7 Å². The summed E-state index contributed by atoms with van der Waals surface area (Å²) < 4.78 is 5.27. The molecule has 32 heavy (non-hydrogen) atoms. The maximum absolute atomic E-state index is 13.2. The number of aryl methyl sites for hydroxylation is 2. The highest BCUT2D eigenvalue weighted by Crippen LogP contribution is 2.43. The van der Waals surface area contributed by atoms with E-state index in [9.17, 15) is 14.7 Å². The minimum absolute atomic E-state index is 0.132. The third-order valence-electron chi connectivity index (χ3n) is 6.20. The van der Waals surface area contributed by atoms with Gasteiger partial charge in [-0.1, -0.05) is 31.5 Å². The van der Waals surface area contributed by atoms with Crippen LogP contribution in [0.15, 0.2) is 48.0 Å². The van der Waals surface area contributed by atoms with Crippen molar-refractivity contribution in [1.82, 2.24) is 9.88 Å². The quantitative estimate of drug-likeness (QED) is 0.326. The number of H-pyrrole nitrogens is 1. The Bertz CT molecular complexity index is 1240. The highest BCUT2D eigenvalue weighted by Gasteiger charge is 2.47. The molecule has 2 N–H and O–H groups in total. The average molecular weight is 433 g/mol. The van der Waals surface area contributed by atoms with Gasteiger partial charge >= 0.3 is 0 Å². The van der Waals surface area contributed by atoms with Crippen molar-refractivity contribution in [2.24, 2.45) is 0 Å². The van der Waals surface area contributed by atoms with E-state index in [0.717, 1.165) is 40.6 Å². The van der Waals surface area contributed by atoms with Gasteiger partial charge < -0.3 is 19.7 Å². The van der Waals surface area contributed by atoms with E-state index in [1.807, 2.05) is 45.0 Å². The van der Waals surface area contributed by atoms with E-state index < -0.39 is 17.7 Å². The first kappa shape index (κ1) is 21.7. The standard InChI is InChI=1S/C26H28N2O4/c1-5-6-13-28-23(21-16(3)27-20-10-8-7-9-19(20)21)22(25(30)26(28)31)24(29)18-12-11-17(32-4)14-15(18)2/h7-12,14,23,27,29H,5-6,13H2,1-4H3/b24-22+. The number of carbonyl (C=O) groups excluding carboxylic acids is 2. The van der Waals surface area contributed by atoms with E-state index in [2.05, 4.69) is 4.98 Å². The lowest BCUT2D eigenvalue weighted by molar-refractivity contribution is -0.139. The van der Waals surface area contributed by atoms with Crippen molar-refractivity contribution in [3.8, 4) is 5.75 Å². The first-order valence-corrected chi connectivity index (χ1v) is 10.9. The topological polar surface area (TPSA) is 82.6 Å². The molecule has 1 aliphatic heterocycles. The zero-order valence-electron chi connectivity index (χ0n) is 18.9.